The molecule has 0 spiro atoms. The van der Waals surface area contributed by atoms with E-state index in [1.807, 2.05) is 0 Å². The smallest absolute Gasteiger partial charge is 0.171 e. The van der Waals surface area contributed by atoms with E-state index in [1.54, 1.807) is 5.38 Å². The van der Waals surface area contributed by atoms with Crippen molar-refractivity contribution in [2.24, 2.45) is 10.2 Å². The Morgan fingerprint density at radius 1 is 1.43 bits per heavy atom. The van der Waals surface area contributed by atoms with E-state index in [-0.39, 0.29) is 0 Å². The Morgan fingerprint density at radius 3 is 2.91 bits per heavy atom. The molecule has 0 aliphatic carbocycles. The van der Waals surface area contributed by atoms with Crippen LogP contribution in [-0.4, -0.2) is 32.9 Å². The highest BCUT2D eigenvalue weighted by molar-refractivity contribution is 7.17. The first-order valence-corrected chi connectivity index (χ1v) is 7.33. The highest BCUT2D eigenvalue weighted by Crippen LogP contribution is 2.45. The molecule has 12 heteroatoms. The van der Waals surface area contributed by atoms with Gasteiger partial charge in [0.15, 0.2) is 5.72 Å². The third kappa shape index (κ3) is 2.31. The number of aliphatic hydroxyl groups is 1. The molecule has 1 aliphatic rings. The van der Waals surface area contributed by atoms with Crippen LogP contribution in [0.3, 0.4) is 0 Å². The van der Waals surface area contributed by atoms with Gasteiger partial charge >= 0.3 is 0 Å². The van der Waals surface area contributed by atoms with Crippen LogP contribution in [0.4, 0.5) is 5.82 Å². The summed E-state index contributed by atoms with van der Waals surface area (Å²) in [5, 5.41) is 19.2. The van der Waals surface area contributed by atoms with E-state index in [4.69, 9.17) is 21.5 Å². The van der Waals surface area contributed by atoms with E-state index >= 15 is 0 Å². The zero-order valence-corrected chi connectivity index (χ0v) is 12.6. The van der Waals surface area contributed by atoms with Crippen molar-refractivity contribution in [3.63, 3.8) is 0 Å². The van der Waals surface area contributed by atoms with Crippen LogP contribution in [0.25, 0.3) is 31.1 Å². The zero-order valence-electron chi connectivity index (χ0n) is 11.8. The average Bonchev–Trinajstić information content (AvgIpc) is 3.04. The molecule has 2 aromatic rings. The van der Waals surface area contributed by atoms with Gasteiger partial charge in [-0.1, -0.05) is 10.2 Å². The van der Waals surface area contributed by atoms with Gasteiger partial charge in [-0.2, -0.15) is 0 Å². The van der Waals surface area contributed by atoms with E-state index in [0.29, 0.717) is 21.6 Å². The normalized spacial score (nSPS) is 29.9. The molecule has 0 radical (unpaired) electrons. The predicted molar refractivity (Wildman–Crippen MR) is 82.1 cm³/mol. The van der Waals surface area contributed by atoms with Gasteiger partial charge in [0.1, 0.15) is 12.1 Å². The van der Waals surface area contributed by atoms with E-state index in [0.717, 1.165) is 0 Å². The molecule has 3 heterocycles. The average molecular weight is 333 g/mol. The van der Waals surface area contributed by atoms with Crippen LogP contribution in [-0.2, 0) is 4.74 Å². The number of aliphatic hydroxyl groups excluding tert-OH is 1. The molecular weight excluding hydrogens is 322 g/mol. The van der Waals surface area contributed by atoms with Crippen LogP contribution >= 0.6 is 11.3 Å². The van der Waals surface area contributed by atoms with Gasteiger partial charge < -0.3 is 15.6 Å². The highest BCUT2D eigenvalue weighted by atomic mass is 32.1. The maximum Gasteiger partial charge on any atom is 0.171 e. The van der Waals surface area contributed by atoms with Crippen LogP contribution in [0.15, 0.2) is 21.9 Å². The Kier molecular flexibility index (Phi) is 3.68. The number of nitrogen functional groups attached to an aromatic ring is 1. The lowest BCUT2D eigenvalue weighted by atomic mass is 9.99. The maximum absolute atomic E-state index is 10.4. The van der Waals surface area contributed by atoms with Crippen LogP contribution < -0.4 is 5.73 Å². The monoisotopic (exact) mass is 333 g/mol. The van der Waals surface area contributed by atoms with E-state index in [9.17, 15) is 5.11 Å². The Bertz CT molecular complexity index is 856. The molecular formula is C11H11N9O2S. The molecule has 4 atom stereocenters. The SMILES string of the molecule is C[C@@]1(N=[N+]=[N-])O[C@@H](c2csc3c(N)ncnc23)C(N=[N+]=[N-])[C@@H]1O. The quantitative estimate of drug-likeness (QED) is 0.496. The highest BCUT2D eigenvalue weighted by Gasteiger charge is 2.52. The molecule has 0 amide bonds. The molecule has 1 unspecified atom stereocenters. The molecule has 1 aliphatic heterocycles. The summed E-state index contributed by atoms with van der Waals surface area (Å²) in [6.07, 6.45) is -0.804. The Labute approximate surface area is 133 Å². The topological polar surface area (TPSA) is 179 Å². The molecule has 3 N–H and O–H groups in total. The third-order valence-electron chi connectivity index (χ3n) is 3.69. The lowest BCUT2D eigenvalue weighted by Crippen LogP contribution is -2.37. The summed E-state index contributed by atoms with van der Waals surface area (Å²) in [6.45, 7) is 1.43. The van der Waals surface area contributed by atoms with Crippen LogP contribution in [0.2, 0.25) is 0 Å². The van der Waals surface area contributed by atoms with Gasteiger partial charge in [0.05, 0.1) is 28.5 Å². The number of nitrogens with two attached hydrogens (primary N) is 1. The Balaban J connectivity index is 2.14. The van der Waals surface area contributed by atoms with Gasteiger partial charge in [0, 0.05) is 15.4 Å². The van der Waals surface area contributed by atoms with Crippen molar-refractivity contribution < 1.29 is 9.84 Å². The molecule has 1 fully saturated rings. The van der Waals surface area contributed by atoms with E-state index in [1.165, 1.54) is 24.6 Å². The fourth-order valence-electron chi connectivity index (χ4n) is 2.57. The summed E-state index contributed by atoms with van der Waals surface area (Å²) in [5.41, 5.74) is 22.8. The van der Waals surface area contributed by atoms with E-state index < -0.39 is 24.0 Å². The van der Waals surface area contributed by atoms with Gasteiger partial charge in [-0.15, -0.1) is 11.3 Å². The molecule has 0 saturated carbocycles. The number of aromatic nitrogens is 2. The van der Waals surface area contributed by atoms with Crippen molar-refractivity contribution in [1.29, 1.82) is 0 Å². The number of thiophene rings is 1. The number of azide groups is 2. The van der Waals surface area contributed by atoms with Crippen molar-refractivity contribution in [3.8, 4) is 0 Å². The third-order valence-corrected chi connectivity index (χ3v) is 4.70. The predicted octanol–water partition coefficient (Wildman–Crippen LogP) is 2.41. The molecule has 118 valence electrons. The Morgan fingerprint density at radius 2 is 2.22 bits per heavy atom. The van der Waals surface area contributed by atoms with Crippen molar-refractivity contribution in [2.75, 3.05) is 5.73 Å². The fraction of sp³-hybridized carbons (Fsp3) is 0.455. The van der Waals surface area contributed by atoms with Crippen molar-refractivity contribution in [1.82, 2.24) is 9.97 Å². The number of hydrogen-bond acceptors (Lipinski definition) is 8. The minimum absolute atomic E-state index is 0.322. The molecule has 0 aromatic carbocycles. The summed E-state index contributed by atoms with van der Waals surface area (Å²) in [7, 11) is 0. The van der Waals surface area contributed by atoms with Crippen LogP contribution in [0.5, 0.6) is 0 Å². The molecule has 23 heavy (non-hydrogen) atoms. The lowest BCUT2D eigenvalue weighted by Gasteiger charge is -2.21. The summed E-state index contributed by atoms with van der Waals surface area (Å²) >= 11 is 1.31. The number of fused-ring (bicyclic) bond motifs is 1. The number of rotatable bonds is 3. The fourth-order valence-corrected chi connectivity index (χ4v) is 3.52. The van der Waals surface area contributed by atoms with Crippen molar-refractivity contribution in [3.05, 3.63) is 38.2 Å². The summed E-state index contributed by atoms with van der Waals surface area (Å²) in [5.74, 6) is 0.322. The van der Waals surface area contributed by atoms with E-state index in [2.05, 4.69) is 30.0 Å². The number of hydrogen-bond donors (Lipinski definition) is 2. The number of nitrogens with zero attached hydrogens (tertiary/aromatic N) is 8. The zero-order chi connectivity index (χ0) is 16.6. The standard InChI is InChI=1S/C11H11N9O2S/c1-11(18-20-14)9(21)6(17-19-13)7(22-11)4-2-23-8-5(4)15-3-16-10(8)12/h2-3,6-7,9,21H,1H3,(H2,12,15,16)/t6?,7-,9-,11+/m0/s1. The number of anilines is 1. The largest absolute Gasteiger partial charge is 0.389 e. The molecule has 1 saturated heterocycles. The summed E-state index contributed by atoms with van der Waals surface area (Å²) in [4.78, 5) is 13.5. The second-order valence-electron chi connectivity index (χ2n) is 5.05. The first-order chi connectivity index (χ1) is 11.0. The Hall–Kier alpha value is -2.62. The van der Waals surface area contributed by atoms with Gasteiger partial charge in [-0.05, 0) is 23.4 Å². The minimum Gasteiger partial charge on any atom is -0.389 e. The lowest BCUT2D eigenvalue weighted by molar-refractivity contribution is -0.0651. The van der Waals surface area contributed by atoms with Crippen molar-refractivity contribution >= 4 is 27.4 Å². The minimum atomic E-state index is -1.55. The molecule has 11 nitrogen and oxygen atoms in total. The van der Waals surface area contributed by atoms with Crippen LogP contribution in [0.1, 0.15) is 18.6 Å². The summed E-state index contributed by atoms with van der Waals surface area (Å²) < 4.78 is 6.39. The molecule has 2 aromatic heterocycles. The second-order valence-corrected chi connectivity index (χ2v) is 5.93. The van der Waals surface area contributed by atoms with Gasteiger partial charge in [-0.25, -0.2) is 9.97 Å². The van der Waals surface area contributed by atoms with Gasteiger partial charge in [0.2, 0.25) is 0 Å². The maximum atomic E-state index is 10.4. The van der Waals surface area contributed by atoms with Gasteiger partial charge in [0.25, 0.3) is 0 Å². The first kappa shape index (κ1) is 15.3. The summed E-state index contributed by atoms with van der Waals surface area (Å²) in [6, 6.07) is -0.968. The molecule has 3 rings (SSSR count). The van der Waals surface area contributed by atoms with Crippen LogP contribution in [0, 0.1) is 0 Å². The molecule has 0 bridgehead atoms. The number of ether oxygens (including phenoxy) is 1. The second kappa shape index (κ2) is 5.54. The first-order valence-electron chi connectivity index (χ1n) is 6.45. The van der Waals surface area contributed by atoms with Crippen molar-refractivity contribution in [2.45, 2.75) is 30.9 Å². The van der Waals surface area contributed by atoms with Gasteiger partial charge in [-0.3, -0.25) is 0 Å².